The fourth-order valence-corrected chi connectivity index (χ4v) is 2.75. The lowest BCUT2D eigenvalue weighted by atomic mass is 10.0. The van der Waals surface area contributed by atoms with Crippen LogP contribution < -0.4 is 5.73 Å². The van der Waals surface area contributed by atoms with Gasteiger partial charge in [0.25, 0.3) is 5.72 Å². The number of aliphatic hydroxyl groups is 3. The smallest absolute Gasteiger partial charge is 0.363 e. The molecule has 0 bridgehead atoms. The molecule has 1 aliphatic rings. The summed E-state index contributed by atoms with van der Waals surface area (Å²) in [7, 11) is 0. The molecule has 5 N–H and O–H groups in total. The van der Waals surface area contributed by atoms with Gasteiger partial charge in [-0.2, -0.15) is 0 Å². The maximum atomic E-state index is 12.6. The van der Waals surface area contributed by atoms with Gasteiger partial charge in [0.15, 0.2) is 11.5 Å². The molecule has 2 aromatic rings. The summed E-state index contributed by atoms with van der Waals surface area (Å²) in [6, 6.07) is 0. The molecule has 11 nitrogen and oxygen atoms in total. The molecule has 24 heavy (non-hydrogen) atoms. The van der Waals surface area contributed by atoms with Gasteiger partial charge in [0, 0.05) is 0 Å². The lowest BCUT2D eigenvalue weighted by Crippen LogP contribution is -2.52. The zero-order valence-electron chi connectivity index (χ0n) is 12.7. The van der Waals surface area contributed by atoms with Crippen LogP contribution in [0.3, 0.4) is 0 Å². The largest absolute Gasteiger partial charge is 0.462 e. The molecule has 0 aliphatic carbocycles. The van der Waals surface area contributed by atoms with Crippen LogP contribution in [0.2, 0.25) is 0 Å². The Hall–Kier alpha value is -2.34. The summed E-state index contributed by atoms with van der Waals surface area (Å²) < 4.78 is 11.7. The third kappa shape index (κ3) is 2.13. The second-order valence-electron chi connectivity index (χ2n) is 5.24. The van der Waals surface area contributed by atoms with Crippen LogP contribution in [-0.4, -0.2) is 72.3 Å². The number of nitrogen functional groups attached to an aromatic ring is 1. The number of ether oxygens (including phenoxy) is 2. The van der Waals surface area contributed by atoms with E-state index >= 15 is 0 Å². The monoisotopic (exact) mass is 339 g/mol. The summed E-state index contributed by atoms with van der Waals surface area (Å²) in [6.45, 7) is 0.989. The summed E-state index contributed by atoms with van der Waals surface area (Å²) in [4.78, 5) is 24.4. The lowest BCUT2D eigenvalue weighted by molar-refractivity contribution is -0.199. The average molecular weight is 339 g/mol. The molecular weight excluding hydrogens is 322 g/mol. The highest BCUT2D eigenvalue weighted by Gasteiger charge is 2.62. The molecule has 0 aromatic carbocycles. The minimum Gasteiger partial charge on any atom is -0.462 e. The molecule has 1 fully saturated rings. The van der Waals surface area contributed by atoms with Crippen LogP contribution in [0.25, 0.3) is 11.2 Å². The number of fused-ring (bicyclic) bond motifs is 1. The highest BCUT2D eigenvalue weighted by atomic mass is 16.6. The van der Waals surface area contributed by atoms with Crippen LogP contribution in [-0.2, 0) is 20.0 Å². The molecule has 0 saturated carbocycles. The molecule has 0 radical (unpaired) electrons. The Morgan fingerprint density at radius 3 is 2.83 bits per heavy atom. The van der Waals surface area contributed by atoms with E-state index in [4.69, 9.17) is 15.2 Å². The number of esters is 1. The summed E-state index contributed by atoms with van der Waals surface area (Å²) in [5, 5.41) is 29.9. The first kappa shape index (κ1) is 16.5. The van der Waals surface area contributed by atoms with Gasteiger partial charge in [-0.1, -0.05) is 0 Å². The first-order valence-electron chi connectivity index (χ1n) is 7.23. The minimum absolute atomic E-state index is 0.0142. The molecule has 0 unspecified atom stereocenters. The van der Waals surface area contributed by atoms with Crippen LogP contribution in [0.15, 0.2) is 12.7 Å². The molecule has 0 amide bonds. The van der Waals surface area contributed by atoms with Gasteiger partial charge >= 0.3 is 5.97 Å². The molecule has 0 spiro atoms. The maximum absolute atomic E-state index is 12.6. The maximum Gasteiger partial charge on any atom is 0.363 e. The van der Waals surface area contributed by atoms with Crippen LogP contribution >= 0.6 is 0 Å². The Labute approximate surface area is 135 Å². The van der Waals surface area contributed by atoms with Gasteiger partial charge in [-0.25, -0.2) is 19.7 Å². The quantitative estimate of drug-likeness (QED) is 0.446. The van der Waals surface area contributed by atoms with Crippen molar-refractivity contribution in [3.05, 3.63) is 12.7 Å². The normalized spacial score (nSPS) is 29.9. The van der Waals surface area contributed by atoms with Crippen molar-refractivity contribution >= 4 is 23.0 Å². The first-order chi connectivity index (χ1) is 11.5. The van der Waals surface area contributed by atoms with Crippen molar-refractivity contribution in [1.29, 1.82) is 0 Å². The molecular formula is C13H17N5O6. The standard InChI is InChI=1S/C13H17N5O6/c1-2-23-12(22)13(9(21)8(20)6(3-19)24-13)18-5-17-7-10(14)15-4-16-11(7)18/h4-6,8-9,19-21H,2-3H2,1H3,(H2,14,15,16)/t6-,8-,9-,13+/m1/s1. The molecule has 11 heteroatoms. The molecule has 4 atom stereocenters. The number of carbonyl (C=O) groups is 1. The van der Waals surface area contributed by atoms with E-state index in [2.05, 4.69) is 15.0 Å². The third-order valence-corrected chi connectivity index (χ3v) is 3.90. The fourth-order valence-electron chi connectivity index (χ4n) is 2.75. The predicted molar refractivity (Wildman–Crippen MR) is 78.3 cm³/mol. The minimum atomic E-state index is -2.15. The van der Waals surface area contributed by atoms with Gasteiger partial charge in [-0.15, -0.1) is 0 Å². The SMILES string of the molecule is CCOC(=O)[C@@]1(n2cnc3c(N)ncnc32)O[C@H](CO)[C@@H](O)[C@H]1O. The zero-order chi connectivity index (χ0) is 17.5. The van der Waals surface area contributed by atoms with Crippen LogP contribution in [0, 0.1) is 0 Å². The average Bonchev–Trinajstić information content (AvgIpc) is 3.10. The van der Waals surface area contributed by atoms with Crippen LogP contribution in [0.4, 0.5) is 5.82 Å². The van der Waals surface area contributed by atoms with Crippen LogP contribution in [0.1, 0.15) is 6.92 Å². The molecule has 3 heterocycles. The van der Waals surface area contributed by atoms with Crippen molar-refractivity contribution in [2.75, 3.05) is 18.9 Å². The number of nitrogens with zero attached hydrogens (tertiary/aromatic N) is 4. The van der Waals surface area contributed by atoms with Crippen molar-refractivity contribution in [1.82, 2.24) is 19.5 Å². The van der Waals surface area contributed by atoms with Gasteiger partial charge in [0.1, 0.15) is 36.5 Å². The summed E-state index contributed by atoms with van der Waals surface area (Å²) in [5.74, 6) is -0.881. The summed E-state index contributed by atoms with van der Waals surface area (Å²) in [6.07, 6.45) is -2.09. The molecule has 3 rings (SSSR count). The van der Waals surface area contributed by atoms with Gasteiger partial charge in [-0.3, -0.25) is 4.57 Å². The molecule has 1 saturated heterocycles. The fraction of sp³-hybridized carbons (Fsp3) is 0.538. The van der Waals surface area contributed by atoms with Crippen molar-refractivity contribution in [3.63, 3.8) is 0 Å². The number of hydrogen-bond acceptors (Lipinski definition) is 10. The lowest BCUT2D eigenvalue weighted by Gasteiger charge is -2.30. The Bertz CT molecular complexity index is 766. The topological polar surface area (TPSA) is 166 Å². The number of nitrogens with two attached hydrogens (primary N) is 1. The van der Waals surface area contributed by atoms with Gasteiger partial charge < -0.3 is 30.5 Å². The molecule has 130 valence electrons. The molecule has 1 aliphatic heterocycles. The highest BCUT2D eigenvalue weighted by molar-refractivity contribution is 5.85. The van der Waals surface area contributed by atoms with Gasteiger partial charge in [-0.05, 0) is 6.92 Å². The Balaban J connectivity index is 2.22. The van der Waals surface area contributed by atoms with Crippen molar-refractivity contribution in [2.24, 2.45) is 0 Å². The Kier molecular flexibility index (Phi) is 4.09. The number of rotatable bonds is 4. The van der Waals surface area contributed by atoms with Crippen LogP contribution in [0.5, 0.6) is 0 Å². The van der Waals surface area contributed by atoms with E-state index in [0.717, 1.165) is 10.9 Å². The Morgan fingerprint density at radius 2 is 2.21 bits per heavy atom. The Morgan fingerprint density at radius 1 is 1.46 bits per heavy atom. The van der Waals surface area contributed by atoms with Gasteiger partial charge in [0.05, 0.1) is 13.2 Å². The second kappa shape index (κ2) is 5.94. The van der Waals surface area contributed by atoms with Gasteiger partial charge in [0.2, 0.25) is 0 Å². The van der Waals surface area contributed by atoms with Crippen molar-refractivity contribution in [2.45, 2.75) is 31.0 Å². The number of aromatic nitrogens is 4. The second-order valence-corrected chi connectivity index (χ2v) is 5.24. The van der Waals surface area contributed by atoms with E-state index < -0.39 is 36.6 Å². The van der Waals surface area contributed by atoms with E-state index in [1.54, 1.807) is 6.92 Å². The number of anilines is 1. The molecule has 2 aromatic heterocycles. The van der Waals surface area contributed by atoms with E-state index in [1.165, 1.54) is 6.33 Å². The van der Waals surface area contributed by atoms with E-state index in [-0.39, 0.29) is 23.6 Å². The predicted octanol–water partition coefficient (Wildman–Crippen LogP) is -2.26. The highest BCUT2D eigenvalue weighted by Crippen LogP contribution is 2.38. The van der Waals surface area contributed by atoms with E-state index in [0.29, 0.717) is 0 Å². The van der Waals surface area contributed by atoms with E-state index in [9.17, 15) is 20.1 Å². The summed E-state index contributed by atoms with van der Waals surface area (Å²) >= 11 is 0. The number of imidazole rings is 1. The zero-order valence-corrected chi connectivity index (χ0v) is 12.7. The number of aliphatic hydroxyl groups excluding tert-OH is 3. The van der Waals surface area contributed by atoms with Crippen molar-refractivity contribution in [3.8, 4) is 0 Å². The van der Waals surface area contributed by atoms with E-state index in [1.807, 2.05) is 0 Å². The van der Waals surface area contributed by atoms with Crippen molar-refractivity contribution < 1.29 is 29.6 Å². The first-order valence-corrected chi connectivity index (χ1v) is 7.23. The third-order valence-electron chi connectivity index (χ3n) is 3.90. The summed E-state index contributed by atoms with van der Waals surface area (Å²) in [5.41, 5.74) is 3.88. The number of hydrogen-bond donors (Lipinski definition) is 4. The number of carbonyl (C=O) groups excluding carboxylic acids is 1.